The number of fused-ring (bicyclic) bond motifs is 1. The fraction of sp³-hybridized carbons (Fsp3) is 0.688. The number of H-pyrrole nitrogens is 1. The Kier molecular flexibility index (Phi) is 3.47. The summed E-state index contributed by atoms with van der Waals surface area (Å²) in [5.74, 6) is 1.07. The minimum absolute atomic E-state index is 0.0878. The smallest absolute Gasteiger partial charge is 0.291 e. The molecule has 9 nitrogen and oxygen atoms in total. The minimum Gasteiger partial charge on any atom is -0.335 e. The van der Waals surface area contributed by atoms with Crippen LogP contribution in [0.25, 0.3) is 5.95 Å². The Bertz CT molecular complexity index is 776. The second-order valence-electron chi connectivity index (χ2n) is 8.36. The molecule has 0 radical (unpaired) electrons. The van der Waals surface area contributed by atoms with Crippen LogP contribution in [-0.2, 0) is 0 Å². The highest BCUT2D eigenvalue weighted by Gasteiger charge is 2.63. The van der Waals surface area contributed by atoms with Crippen molar-refractivity contribution in [3.8, 4) is 5.95 Å². The standard InChI is InChI=1S/C16H24N8O/c1-15(2)6-16(7-22(3)4)8-23(5-11(15)16)13(25)12-19-14(21-20-12)24-9-17-18-10-24/h9-11H,5-8H2,1-4H3,(H,19,20,21)/t11-,16+/m1/s1. The number of amides is 1. The van der Waals surface area contributed by atoms with Crippen molar-refractivity contribution in [3.05, 3.63) is 18.5 Å². The molecule has 1 aliphatic heterocycles. The van der Waals surface area contributed by atoms with Crippen LogP contribution in [0.15, 0.2) is 12.7 Å². The second kappa shape index (κ2) is 5.35. The lowest BCUT2D eigenvalue weighted by Crippen LogP contribution is -2.57. The molecule has 1 N–H and O–H groups in total. The zero-order valence-corrected chi connectivity index (χ0v) is 15.1. The number of aromatic nitrogens is 6. The molecule has 0 spiro atoms. The average Bonchev–Trinajstić information content (AvgIpc) is 3.23. The maximum atomic E-state index is 12.9. The SMILES string of the molecule is CN(C)C[C@@]12CN(C(=O)c3nc(-n4cnnc4)n[nH]3)C[C@@H]1C(C)(C)C2. The van der Waals surface area contributed by atoms with E-state index in [1.807, 2.05) is 4.90 Å². The van der Waals surface area contributed by atoms with Gasteiger partial charge in [0, 0.05) is 25.0 Å². The van der Waals surface area contributed by atoms with E-state index in [9.17, 15) is 4.79 Å². The monoisotopic (exact) mass is 344 g/mol. The highest BCUT2D eigenvalue weighted by molar-refractivity contribution is 5.91. The third-order valence-electron chi connectivity index (χ3n) is 5.64. The molecule has 0 bridgehead atoms. The molecule has 0 aromatic carbocycles. The van der Waals surface area contributed by atoms with E-state index in [0.29, 0.717) is 11.9 Å². The molecule has 2 aromatic heterocycles. The summed E-state index contributed by atoms with van der Waals surface area (Å²) in [5.41, 5.74) is 0.472. The summed E-state index contributed by atoms with van der Waals surface area (Å²) >= 11 is 0. The molecule has 0 unspecified atom stereocenters. The van der Waals surface area contributed by atoms with Gasteiger partial charge in [-0.1, -0.05) is 13.8 Å². The molecule has 9 heteroatoms. The van der Waals surface area contributed by atoms with Crippen LogP contribution in [0, 0.1) is 16.7 Å². The van der Waals surface area contributed by atoms with Gasteiger partial charge in [-0.2, -0.15) is 4.98 Å². The number of carbonyl (C=O) groups is 1. The van der Waals surface area contributed by atoms with Gasteiger partial charge in [0.05, 0.1) is 0 Å². The molecule has 1 aliphatic carbocycles. The van der Waals surface area contributed by atoms with E-state index in [-0.39, 0.29) is 22.6 Å². The van der Waals surface area contributed by atoms with Crippen molar-refractivity contribution in [3.63, 3.8) is 0 Å². The maximum absolute atomic E-state index is 12.9. The van der Waals surface area contributed by atoms with Crippen molar-refractivity contribution < 1.29 is 4.79 Å². The van der Waals surface area contributed by atoms with Gasteiger partial charge in [-0.3, -0.25) is 14.5 Å². The fourth-order valence-corrected chi connectivity index (χ4v) is 5.04. The molecule has 2 aromatic rings. The first-order valence-corrected chi connectivity index (χ1v) is 8.52. The Labute approximate surface area is 146 Å². The first-order chi connectivity index (χ1) is 11.8. The normalized spacial score (nSPS) is 27.4. The van der Waals surface area contributed by atoms with Crippen molar-refractivity contribution in [1.29, 1.82) is 0 Å². The summed E-state index contributed by atoms with van der Waals surface area (Å²) < 4.78 is 1.57. The summed E-state index contributed by atoms with van der Waals surface area (Å²) in [4.78, 5) is 21.4. The number of nitrogens with one attached hydrogen (secondary N) is 1. The van der Waals surface area contributed by atoms with Crippen LogP contribution in [-0.4, -0.2) is 79.4 Å². The number of nitrogens with zero attached hydrogens (tertiary/aromatic N) is 7. The van der Waals surface area contributed by atoms with Crippen molar-refractivity contribution in [2.45, 2.75) is 20.3 Å². The zero-order valence-electron chi connectivity index (χ0n) is 15.1. The maximum Gasteiger partial charge on any atom is 0.291 e. The van der Waals surface area contributed by atoms with Gasteiger partial charge in [-0.25, -0.2) is 0 Å². The molecular weight excluding hydrogens is 320 g/mol. The Morgan fingerprint density at radius 2 is 2.08 bits per heavy atom. The first-order valence-electron chi connectivity index (χ1n) is 8.52. The third-order valence-corrected chi connectivity index (χ3v) is 5.64. The van der Waals surface area contributed by atoms with Gasteiger partial charge >= 0.3 is 0 Å². The summed E-state index contributed by atoms with van der Waals surface area (Å²) in [6.07, 6.45) is 4.15. The van der Waals surface area contributed by atoms with E-state index in [4.69, 9.17) is 0 Å². The molecule has 2 fully saturated rings. The summed E-state index contributed by atoms with van der Waals surface area (Å²) in [7, 11) is 4.20. The Morgan fingerprint density at radius 3 is 2.72 bits per heavy atom. The molecule has 134 valence electrons. The predicted octanol–water partition coefficient (Wildman–Crippen LogP) is 0.435. The van der Waals surface area contributed by atoms with E-state index < -0.39 is 0 Å². The lowest BCUT2D eigenvalue weighted by Gasteiger charge is -2.57. The molecule has 3 heterocycles. The number of likely N-dealkylation sites (tertiary alicyclic amines) is 1. The molecule has 1 saturated heterocycles. The molecule has 1 saturated carbocycles. The van der Waals surface area contributed by atoms with Crippen molar-refractivity contribution in [2.75, 3.05) is 33.7 Å². The minimum atomic E-state index is -0.0878. The molecule has 2 aliphatic rings. The number of aromatic amines is 1. The molecule has 25 heavy (non-hydrogen) atoms. The van der Waals surface area contributed by atoms with E-state index in [1.54, 1.807) is 4.57 Å². The van der Waals surface area contributed by atoms with Crippen LogP contribution < -0.4 is 0 Å². The van der Waals surface area contributed by atoms with Crippen LogP contribution in [0.5, 0.6) is 0 Å². The van der Waals surface area contributed by atoms with Gasteiger partial charge in [0.2, 0.25) is 5.82 Å². The molecule has 2 atom stereocenters. The highest BCUT2D eigenvalue weighted by Crippen LogP contribution is 2.62. The van der Waals surface area contributed by atoms with Gasteiger partial charge in [0.1, 0.15) is 12.7 Å². The predicted molar refractivity (Wildman–Crippen MR) is 90.1 cm³/mol. The van der Waals surface area contributed by atoms with Gasteiger partial charge in [0.15, 0.2) is 0 Å². The van der Waals surface area contributed by atoms with Crippen LogP contribution in [0.4, 0.5) is 0 Å². The van der Waals surface area contributed by atoms with E-state index >= 15 is 0 Å². The molecule has 1 amide bonds. The first kappa shape index (κ1) is 16.2. The fourth-order valence-electron chi connectivity index (χ4n) is 5.04. The summed E-state index contributed by atoms with van der Waals surface area (Å²) in [6.45, 7) is 7.17. The zero-order chi connectivity index (χ0) is 17.8. The Hall–Kier alpha value is -2.29. The second-order valence-corrected chi connectivity index (χ2v) is 8.36. The van der Waals surface area contributed by atoms with Gasteiger partial charge < -0.3 is 9.80 Å². The number of carbonyl (C=O) groups excluding carboxylic acids is 1. The Morgan fingerprint density at radius 1 is 1.36 bits per heavy atom. The summed E-state index contributed by atoms with van der Waals surface area (Å²) in [6, 6.07) is 0. The van der Waals surface area contributed by atoms with E-state index in [1.165, 1.54) is 12.7 Å². The van der Waals surface area contributed by atoms with Gasteiger partial charge in [-0.15, -0.1) is 15.3 Å². The lowest BCUT2D eigenvalue weighted by molar-refractivity contribution is -0.0789. The van der Waals surface area contributed by atoms with Crippen LogP contribution >= 0.6 is 0 Å². The Balaban J connectivity index is 1.54. The molecular formula is C16H24N8O. The van der Waals surface area contributed by atoms with Crippen LogP contribution in [0.2, 0.25) is 0 Å². The average molecular weight is 344 g/mol. The molecule has 4 rings (SSSR count). The topological polar surface area (TPSA) is 95.8 Å². The van der Waals surface area contributed by atoms with Crippen molar-refractivity contribution in [2.24, 2.45) is 16.7 Å². The number of hydrogen-bond donors (Lipinski definition) is 1. The van der Waals surface area contributed by atoms with Gasteiger partial charge in [0.25, 0.3) is 11.9 Å². The van der Waals surface area contributed by atoms with Gasteiger partial charge in [-0.05, 0) is 31.8 Å². The quantitative estimate of drug-likeness (QED) is 0.864. The highest BCUT2D eigenvalue weighted by atomic mass is 16.2. The lowest BCUT2D eigenvalue weighted by atomic mass is 9.48. The van der Waals surface area contributed by atoms with Crippen LogP contribution in [0.3, 0.4) is 0 Å². The summed E-state index contributed by atoms with van der Waals surface area (Å²) in [5, 5.41) is 14.3. The van der Waals surface area contributed by atoms with Crippen LogP contribution in [0.1, 0.15) is 30.9 Å². The van der Waals surface area contributed by atoms with E-state index in [0.717, 1.165) is 26.1 Å². The number of rotatable bonds is 4. The third kappa shape index (κ3) is 2.53. The number of hydrogen-bond acceptors (Lipinski definition) is 6. The van der Waals surface area contributed by atoms with E-state index in [2.05, 4.69) is 58.2 Å². The largest absolute Gasteiger partial charge is 0.335 e. The van der Waals surface area contributed by atoms with Crippen molar-refractivity contribution in [1.82, 2.24) is 39.7 Å². The van der Waals surface area contributed by atoms with Crippen molar-refractivity contribution >= 4 is 5.91 Å².